The van der Waals surface area contributed by atoms with Crippen molar-refractivity contribution in [3.05, 3.63) is 59.2 Å². The number of anilines is 1. The number of benzene rings is 1. The molecule has 3 heteroatoms. The number of carbonyl (C=O) groups excluding carboxylic acids is 1. The highest BCUT2D eigenvalue weighted by Gasteiger charge is 2.23. The molecule has 0 bridgehead atoms. The minimum atomic E-state index is -0.327. The fourth-order valence-corrected chi connectivity index (χ4v) is 3.37. The van der Waals surface area contributed by atoms with E-state index in [2.05, 4.69) is 61.6 Å². The molecule has 2 rings (SSSR count). The Hall–Kier alpha value is -2.29. The molecule has 1 atom stereocenters. The maximum atomic E-state index is 11.2. The largest absolute Gasteiger partial charge is 0.466 e. The second-order valence-corrected chi connectivity index (χ2v) is 7.52. The monoisotopic (exact) mass is 353 g/mol. The quantitative estimate of drug-likeness (QED) is 0.415. The van der Waals surface area contributed by atoms with Gasteiger partial charge in [0, 0.05) is 24.4 Å². The van der Waals surface area contributed by atoms with Crippen molar-refractivity contribution in [3.8, 4) is 0 Å². The molecule has 1 aliphatic heterocycles. The summed E-state index contributed by atoms with van der Waals surface area (Å²) < 4.78 is 4.64. The van der Waals surface area contributed by atoms with Crippen molar-refractivity contribution in [2.45, 2.75) is 47.1 Å². The number of nitrogens with zero attached hydrogens (tertiary/aromatic N) is 1. The van der Waals surface area contributed by atoms with Crippen LogP contribution in [-0.4, -0.2) is 25.7 Å². The van der Waals surface area contributed by atoms with E-state index in [1.165, 1.54) is 35.6 Å². The summed E-state index contributed by atoms with van der Waals surface area (Å²) in [5.74, 6) is 0.349. The first-order chi connectivity index (χ1) is 12.3. The number of carbonyl (C=O) groups is 1. The van der Waals surface area contributed by atoms with Crippen LogP contribution in [0, 0.1) is 5.92 Å². The number of esters is 1. The van der Waals surface area contributed by atoms with Gasteiger partial charge in [0.25, 0.3) is 0 Å². The van der Waals surface area contributed by atoms with Crippen LogP contribution in [0.15, 0.2) is 48.1 Å². The Labute approximate surface area is 158 Å². The predicted octanol–water partition coefficient (Wildman–Crippen LogP) is 5.17. The van der Waals surface area contributed by atoms with E-state index in [9.17, 15) is 4.79 Å². The Morgan fingerprint density at radius 3 is 2.69 bits per heavy atom. The van der Waals surface area contributed by atoms with Gasteiger partial charge in [-0.1, -0.05) is 31.2 Å². The first-order valence-corrected chi connectivity index (χ1v) is 9.33. The highest BCUT2D eigenvalue weighted by Crippen LogP contribution is 2.33. The molecule has 0 saturated carbocycles. The fraction of sp³-hybridized carbons (Fsp3) is 0.435. The van der Waals surface area contributed by atoms with Gasteiger partial charge in [0.1, 0.15) is 0 Å². The molecule has 1 aliphatic rings. The molecule has 0 fully saturated rings. The van der Waals surface area contributed by atoms with Crippen molar-refractivity contribution in [2.75, 3.05) is 18.6 Å². The lowest BCUT2D eigenvalue weighted by Crippen LogP contribution is -2.39. The van der Waals surface area contributed by atoms with Crippen LogP contribution in [0.1, 0.15) is 45.7 Å². The van der Waals surface area contributed by atoms with E-state index < -0.39 is 0 Å². The van der Waals surface area contributed by atoms with Crippen molar-refractivity contribution < 1.29 is 9.53 Å². The van der Waals surface area contributed by atoms with Gasteiger partial charge in [0.15, 0.2) is 0 Å². The molecule has 1 aromatic carbocycles. The molecule has 0 aliphatic carbocycles. The Balaban J connectivity index is 2.20. The number of allylic oxidation sites excluding steroid dienone is 5. The Bertz CT molecular complexity index is 741. The van der Waals surface area contributed by atoms with E-state index in [-0.39, 0.29) is 5.97 Å². The van der Waals surface area contributed by atoms with Gasteiger partial charge in [-0.05, 0) is 74.4 Å². The topological polar surface area (TPSA) is 29.5 Å². The molecule has 3 nitrogen and oxygen atoms in total. The third kappa shape index (κ3) is 5.10. The van der Waals surface area contributed by atoms with Crippen LogP contribution < -0.4 is 4.90 Å². The van der Waals surface area contributed by atoms with Crippen molar-refractivity contribution in [1.82, 2.24) is 0 Å². The van der Waals surface area contributed by atoms with Crippen LogP contribution in [-0.2, 0) is 16.0 Å². The van der Waals surface area contributed by atoms with E-state index >= 15 is 0 Å². The molecule has 0 radical (unpaired) electrons. The van der Waals surface area contributed by atoms with Crippen molar-refractivity contribution in [2.24, 2.45) is 5.92 Å². The lowest BCUT2D eigenvalue weighted by molar-refractivity contribution is -0.134. The van der Waals surface area contributed by atoms with E-state index in [4.69, 9.17) is 0 Å². The maximum Gasteiger partial charge on any atom is 0.330 e. The molecule has 1 unspecified atom stereocenters. The summed E-state index contributed by atoms with van der Waals surface area (Å²) in [5.41, 5.74) is 6.15. The first-order valence-electron chi connectivity index (χ1n) is 9.33. The summed E-state index contributed by atoms with van der Waals surface area (Å²) in [6.45, 7) is 12.0. The summed E-state index contributed by atoms with van der Waals surface area (Å²) in [6.07, 6.45) is 8.60. The molecule has 0 aromatic heterocycles. The van der Waals surface area contributed by atoms with E-state index in [1.807, 2.05) is 19.1 Å². The zero-order valence-corrected chi connectivity index (χ0v) is 16.9. The lowest BCUT2D eigenvalue weighted by atomic mass is 9.90. The number of ether oxygens (including phenoxy) is 1. The van der Waals surface area contributed by atoms with Crippen molar-refractivity contribution in [3.63, 3.8) is 0 Å². The molecule has 0 saturated heterocycles. The number of hydrogen-bond acceptors (Lipinski definition) is 3. The maximum absolute atomic E-state index is 11.2. The fourth-order valence-electron chi connectivity index (χ4n) is 3.37. The van der Waals surface area contributed by atoms with Crippen LogP contribution in [0.3, 0.4) is 0 Å². The van der Waals surface area contributed by atoms with Gasteiger partial charge in [-0.3, -0.25) is 0 Å². The number of rotatable bonds is 5. The van der Waals surface area contributed by atoms with Crippen molar-refractivity contribution in [1.29, 1.82) is 0 Å². The van der Waals surface area contributed by atoms with Gasteiger partial charge in [0.2, 0.25) is 0 Å². The Morgan fingerprint density at radius 1 is 1.31 bits per heavy atom. The summed E-state index contributed by atoms with van der Waals surface area (Å²) in [5, 5.41) is 0. The highest BCUT2D eigenvalue weighted by atomic mass is 16.5. The highest BCUT2D eigenvalue weighted by molar-refractivity contribution is 5.83. The van der Waals surface area contributed by atoms with Crippen molar-refractivity contribution >= 4 is 17.2 Å². The first kappa shape index (κ1) is 20.0. The van der Waals surface area contributed by atoms with Gasteiger partial charge in [-0.15, -0.1) is 0 Å². The molecule has 0 N–H and O–H groups in total. The van der Waals surface area contributed by atoms with E-state index in [0.29, 0.717) is 12.0 Å². The molecule has 1 aromatic rings. The average Bonchev–Trinajstić information content (AvgIpc) is 2.59. The molecule has 26 heavy (non-hydrogen) atoms. The molecule has 0 amide bonds. The molecule has 140 valence electrons. The zero-order valence-electron chi connectivity index (χ0n) is 16.9. The third-order valence-corrected chi connectivity index (χ3v) is 4.80. The van der Waals surface area contributed by atoms with Crippen LogP contribution in [0.4, 0.5) is 5.69 Å². The average molecular weight is 354 g/mol. The second kappa shape index (κ2) is 8.88. The number of methoxy groups -OCH3 is 1. The summed E-state index contributed by atoms with van der Waals surface area (Å²) >= 11 is 0. The number of hydrogen-bond donors (Lipinski definition) is 0. The Kier molecular flexibility index (Phi) is 6.84. The predicted molar refractivity (Wildman–Crippen MR) is 110 cm³/mol. The molecule has 1 heterocycles. The van der Waals surface area contributed by atoms with Crippen LogP contribution in [0.5, 0.6) is 0 Å². The number of fused-ring (bicyclic) bond motifs is 1. The molecular formula is C23H31NO2. The molecule has 0 spiro atoms. The smallest absolute Gasteiger partial charge is 0.330 e. The van der Waals surface area contributed by atoms with Gasteiger partial charge >= 0.3 is 5.97 Å². The zero-order chi connectivity index (χ0) is 19.3. The summed E-state index contributed by atoms with van der Waals surface area (Å²) in [4.78, 5) is 13.7. The van der Waals surface area contributed by atoms with Crippen LogP contribution >= 0.6 is 0 Å². The van der Waals surface area contributed by atoms with E-state index in [0.717, 1.165) is 18.5 Å². The van der Waals surface area contributed by atoms with Gasteiger partial charge < -0.3 is 9.64 Å². The standard InChI is InChI=1S/C23H31NO2/c1-16(2)24-15-18(4)12-21-14-20(10-11-22(21)24)19(5)9-7-8-17(3)13-23(25)26-6/h7-11,13-14,16,18H,12,15H2,1-6H3/b8-7+,17-13+,19-9+. The molecular weight excluding hydrogens is 322 g/mol. The Morgan fingerprint density at radius 2 is 2.04 bits per heavy atom. The SMILES string of the molecule is COC(=O)/C=C(C)/C=C/C=C(\C)c1ccc2c(c1)CC(C)CN2C(C)C. The summed E-state index contributed by atoms with van der Waals surface area (Å²) in [7, 11) is 1.39. The lowest BCUT2D eigenvalue weighted by Gasteiger charge is -2.38. The van der Waals surface area contributed by atoms with Gasteiger partial charge in [-0.25, -0.2) is 4.79 Å². The van der Waals surface area contributed by atoms with E-state index in [1.54, 1.807) is 0 Å². The summed E-state index contributed by atoms with van der Waals surface area (Å²) in [6, 6.07) is 7.32. The van der Waals surface area contributed by atoms with Crippen LogP contribution in [0.25, 0.3) is 5.57 Å². The van der Waals surface area contributed by atoms with Crippen LogP contribution in [0.2, 0.25) is 0 Å². The second-order valence-electron chi connectivity index (χ2n) is 7.52. The normalized spacial score (nSPS) is 18.4. The minimum Gasteiger partial charge on any atom is -0.466 e. The third-order valence-electron chi connectivity index (χ3n) is 4.80. The van der Waals surface area contributed by atoms with Gasteiger partial charge in [-0.2, -0.15) is 0 Å². The van der Waals surface area contributed by atoms with Gasteiger partial charge in [0.05, 0.1) is 7.11 Å². The minimum absolute atomic E-state index is 0.327.